The largest absolute Gasteiger partial charge is 0.493 e. The van der Waals surface area contributed by atoms with Gasteiger partial charge >= 0.3 is 5.97 Å². The van der Waals surface area contributed by atoms with Gasteiger partial charge < -0.3 is 24.3 Å². The minimum absolute atomic E-state index is 0.0589. The maximum atomic E-state index is 12.6. The summed E-state index contributed by atoms with van der Waals surface area (Å²) in [6.45, 7) is 0.176. The van der Waals surface area contributed by atoms with Crippen molar-refractivity contribution in [1.82, 2.24) is 5.43 Å². The van der Waals surface area contributed by atoms with Gasteiger partial charge in [0.1, 0.15) is 0 Å². The van der Waals surface area contributed by atoms with Crippen molar-refractivity contribution in [2.75, 3.05) is 25.8 Å². The molecule has 1 aliphatic heterocycles. The van der Waals surface area contributed by atoms with E-state index in [-0.39, 0.29) is 25.0 Å². The van der Waals surface area contributed by atoms with Gasteiger partial charge in [0.15, 0.2) is 23.0 Å². The first-order valence-corrected chi connectivity index (χ1v) is 11.4. The van der Waals surface area contributed by atoms with Crippen LogP contribution in [0.15, 0.2) is 84.0 Å². The van der Waals surface area contributed by atoms with Crippen molar-refractivity contribution in [1.29, 1.82) is 0 Å². The molecule has 0 unspecified atom stereocenters. The molecule has 0 fully saturated rings. The highest BCUT2D eigenvalue weighted by Gasteiger charge is 2.18. The minimum Gasteiger partial charge on any atom is -0.493 e. The molecule has 5 rings (SSSR count). The highest BCUT2D eigenvalue weighted by atomic mass is 16.7. The second-order valence-electron chi connectivity index (χ2n) is 8.04. The number of nitrogens with zero attached hydrogens (tertiary/aromatic N) is 1. The van der Waals surface area contributed by atoms with Crippen LogP contribution in [0, 0.1) is 0 Å². The smallest absolute Gasteiger partial charge is 0.343 e. The highest BCUT2D eigenvalue weighted by molar-refractivity contribution is 5.95. The number of rotatable bonds is 8. The first-order chi connectivity index (χ1) is 18.1. The molecule has 1 heterocycles. The Morgan fingerprint density at radius 1 is 0.946 bits per heavy atom. The Kier molecular flexibility index (Phi) is 6.84. The van der Waals surface area contributed by atoms with Gasteiger partial charge in [-0.3, -0.25) is 4.79 Å². The predicted molar refractivity (Wildman–Crippen MR) is 139 cm³/mol. The third-order valence-electron chi connectivity index (χ3n) is 5.63. The van der Waals surface area contributed by atoms with Crippen molar-refractivity contribution in [2.45, 2.75) is 0 Å². The Bertz CT molecular complexity index is 1500. The van der Waals surface area contributed by atoms with Gasteiger partial charge in [-0.1, -0.05) is 36.4 Å². The van der Waals surface area contributed by atoms with Gasteiger partial charge in [0.25, 0.3) is 5.91 Å². The van der Waals surface area contributed by atoms with Crippen LogP contribution in [0.3, 0.4) is 0 Å². The third-order valence-corrected chi connectivity index (χ3v) is 5.63. The van der Waals surface area contributed by atoms with Crippen molar-refractivity contribution in [2.24, 2.45) is 5.10 Å². The van der Waals surface area contributed by atoms with E-state index in [2.05, 4.69) is 15.8 Å². The Morgan fingerprint density at radius 3 is 2.68 bits per heavy atom. The van der Waals surface area contributed by atoms with Crippen molar-refractivity contribution in [3.63, 3.8) is 0 Å². The molecular formula is C28H23N3O6. The maximum absolute atomic E-state index is 12.6. The fourth-order valence-corrected chi connectivity index (χ4v) is 3.80. The second-order valence-corrected chi connectivity index (χ2v) is 8.04. The second kappa shape index (κ2) is 10.7. The lowest BCUT2D eigenvalue weighted by molar-refractivity contribution is -0.119. The number of benzene rings is 4. The molecular weight excluding hydrogens is 474 g/mol. The molecule has 9 nitrogen and oxygen atoms in total. The monoisotopic (exact) mass is 497 g/mol. The summed E-state index contributed by atoms with van der Waals surface area (Å²) in [5, 5.41) is 9.27. The number of nitrogens with one attached hydrogen (secondary N) is 2. The molecule has 37 heavy (non-hydrogen) atoms. The number of carbonyl (C=O) groups is 2. The average molecular weight is 498 g/mol. The lowest BCUT2D eigenvalue weighted by Crippen LogP contribution is -2.25. The van der Waals surface area contributed by atoms with Crippen LogP contribution in [-0.4, -0.2) is 38.5 Å². The van der Waals surface area contributed by atoms with Crippen molar-refractivity contribution in [3.05, 3.63) is 90.0 Å². The first kappa shape index (κ1) is 23.7. The number of hydrogen-bond acceptors (Lipinski definition) is 8. The number of amides is 1. The van der Waals surface area contributed by atoms with Gasteiger partial charge in [-0.2, -0.15) is 5.10 Å². The Morgan fingerprint density at radius 2 is 1.78 bits per heavy atom. The third kappa shape index (κ3) is 5.46. The molecule has 4 aromatic rings. The van der Waals surface area contributed by atoms with E-state index in [0.717, 1.165) is 16.5 Å². The lowest BCUT2D eigenvalue weighted by atomic mass is 10.1. The molecule has 9 heteroatoms. The van der Waals surface area contributed by atoms with Crippen LogP contribution >= 0.6 is 0 Å². The summed E-state index contributed by atoms with van der Waals surface area (Å²) in [4.78, 5) is 24.9. The fourth-order valence-electron chi connectivity index (χ4n) is 3.80. The number of carbonyl (C=O) groups excluding carboxylic acids is 2. The topological polar surface area (TPSA) is 107 Å². The molecule has 0 atom stereocenters. The number of hydrazone groups is 1. The first-order valence-electron chi connectivity index (χ1n) is 11.4. The maximum Gasteiger partial charge on any atom is 0.343 e. The summed E-state index contributed by atoms with van der Waals surface area (Å²) in [5.74, 6) is 0.776. The van der Waals surface area contributed by atoms with E-state index in [1.807, 2.05) is 42.5 Å². The molecule has 0 spiro atoms. The predicted octanol–water partition coefficient (Wildman–Crippen LogP) is 4.36. The molecule has 2 N–H and O–H groups in total. The fraction of sp³-hybridized carbons (Fsp3) is 0.107. The van der Waals surface area contributed by atoms with Crippen LogP contribution in [0.1, 0.15) is 15.9 Å². The lowest BCUT2D eigenvalue weighted by Gasteiger charge is -2.10. The molecule has 0 saturated carbocycles. The number of hydrogen-bond donors (Lipinski definition) is 2. The Hall–Kier alpha value is -5.05. The van der Waals surface area contributed by atoms with Gasteiger partial charge in [0.05, 0.1) is 25.4 Å². The van der Waals surface area contributed by atoms with Crippen LogP contribution in [-0.2, 0) is 4.79 Å². The molecule has 0 bridgehead atoms. The number of fused-ring (bicyclic) bond motifs is 2. The van der Waals surface area contributed by atoms with Crippen LogP contribution in [0.2, 0.25) is 0 Å². The van der Waals surface area contributed by atoms with Crippen molar-refractivity contribution in [3.8, 4) is 23.0 Å². The molecule has 4 aromatic carbocycles. The van der Waals surface area contributed by atoms with E-state index < -0.39 is 5.97 Å². The van der Waals surface area contributed by atoms with Crippen LogP contribution in [0.5, 0.6) is 23.0 Å². The van der Waals surface area contributed by atoms with E-state index in [1.54, 1.807) is 36.4 Å². The van der Waals surface area contributed by atoms with E-state index in [9.17, 15) is 9.59 Å². The van der Waals surface area contributed by atoms with E-state index in [1.165, 1.54) is 13.3 Å². The molecule has 0 saturated heterocycles. The summed E-state index contributed by atoms with van der Waals surface area (Å²) in [7, 11) is 1.47. The molecule has 1 aliphatic rings. The normalized spacial score (nSPS) is 11.9. The van der Waals surface area contributed by atoms with Crippen LogP contribution in [0.25, 0.3) is 10.8 Å². The Balaban J connectivity index is 1.17. The molecule has 0 aromatic heterocycles. The molecule has 0 radical (unpaired) electrons. The zero-order valence-electron chi connectivity index (χ0n) is 19.9. The van der Waals surface area contributed by atoms with Gasteiger partial charge in [0.2, 0.25) is 6.79 Å². The number of ether oxygens (including phenoxy) is 4. The summed E-state index contributed by atoms with van der Waals surface area (Å²) in [6.07, 6.45) is 1.47. The van der Waals surface area contributed by atoms with Crippen LogP contribution < -0.4 is 29.7 Å². The van der Waals surface area contributed by atoms with Gasteiger partial charge in [-0.15, -0.1) is 0 Å². The quantitative estimate of drug-likeness (QED) is 0.161. The van der Waals surface area contributed by atoms with Gasteiger partial charge in [-0.25, -0.2) is 10.2 Å². The van der Waals surface area contributed by atoms with Gasteiger partial charge in [-0.05, 0) is 53.4 Å². The van der Waals surface area contributed by atoms with E-state index >= 15 is 0 Å². The SMILES string of the molecule is COc1cc(C=NNC(=O)CNc2cccc3ccccc23)ccc1OC(=O)c1ccc2c(c1)OCO2. The minimum atomic E-state index is -0.566. The number of anilines is 1. The van der Waals surface area contributed by atoms with Crippen LogP contribution in [0.4, 0.5) is 5.69 Å². The number of methoxy groups -OCH3 is 1. The Labute approximate surface area is 212 Å². The standard InChI is InChI=1S/C28H23N3O6/c1-34-25-13-18(9-11-24(25)37-28(33)20-10-12-23-26(14-20)36-17-35-23)15-30-31-27(32)16-29-22-8-4-6-19-5-2-3-7-21(19)22/h2-15,29H,16-17H2,1H3,(H,31,32). The summed E-state index contributed by atoms with van der Waals surface area (Å²) < 4.78 is 21.4. The zero-order chi connectivity index (χ0) is 25.6. The van der Waals surface area contributed by atoms with Gasteiger partial charge in [0, 0.05) is 11.1 Å². The van der Waals surface area contributed by atoms with E-state index in [4.69, 9.17) is 18.9 Å². The molecule has 186 valence electrons. The highest BCUT2D eigenvalue weighted by Crippen LogP contribution is 2.34. The number of esters is 1. The van der Waals surface area contributed by atoms with E-state index in [0.29, 0.717) is 28.4 Å². The zero-order valence-corrected chi connectivity index (χ0v) is 19.9. The van der Waals surface area contributed by atoms with Crippen molar-refractivity contribution >= 4 is 34.6 Å². The summed E-state index contributed by atoms with van der Waals surface area (Å²) in [5.41, 5.74) is 4.32. The average Bonchev–Trinajstić information content (AvgIpc) is 3.40. The molecule has 1 amide bonds. The summed E-state index contributed by atoms with van der Waals surface area (Å²) >= 11 is 0. The van der Waals surface area contributed by atoms with Crippen molar-refractivity contribution < 1.29 is 28.5 Å². The molecule has 0 aliphatic carbocycles. The summed E-state index contributed by atoms with van der Waals surface area (Å²) in [6, 6.07) is 23.6.